The van der Waals surface area contributed by atoms with Crippen molar-refractivity contribution in [3.8, 4) is 0 Å². The second kappa shape index (κ2) is 9.19. The van der Waals surface area contributed by atoms with Crippen molar-refractivity contribution in [2.24, 2.45) is 0 Å². The maximum atomic E-state index is 12.4. The summed E-state index contributed by atoms with van der Waals surface area (Å²) >= 11 is 0. The van der Waals surface area contributed by atoms with Gasteiger partial charge in [0.2, 0.25) is 0 Å². The second-order valence-corrected chi connectivity index (χ2v) is 6.62. The molecule has 2 aromatic rings. The van der Waals surface area contributed by atoms with Crippen molar-refractivity contribution < 1.29 is 19.4 Å². The van der Waals surface area contributed by atoms with Crippen LogP contribution < -0.4 is 5.32 Å². The fourth-order valence-corrected chi connectivity index (χ4v) is 3.11. The van der Waals surface area contributed by atoms with E-state index in [9.17, 15) is 9.59 Å². The molecule has 0 radical (unpaired) electrons. The predicted octanol–water partition coefficient (Wildman–Crippen LogP) is 2.93. The Morgan fingerprint density at radius 1 is 1.07 bits per heavy atom. The Bertz CT molecular complexity index is 762. The number of benzene rings is 2. The van der Waals surface area contributed by atoms with Crippen LogP contribution in [0.5, 0.6) is 0 Å². The average molecular weight is 368 g/mol. The van der Waals surface area contributed by atoms with E-state index in [1.54, 1.807) is 17.0 Å². The minimum atomic E-state index is -0.958. The van der Waals surface area contributed by atoms with E-state index >= 15 is 0 Å². The summed E-state index contributed by atoms with van der Waals surface area (Å²) in [5.41, 5.74) is 2.37. The maximum absolute atomic E-state index is 12.4. The number of aryl methyl sites for hydroxylation is 1. The number of carboxylic acids is 1. The van der Waals surface area contributed by atoms with Crippen LogP contribution in [-0.4, -0.2) is 47.8 Å². The minimum Gasteiger partial charge on any atom is -0.478 e. The lowest BCUT2D eigenvalue weighted by molar-refractivity contribution is -0.0176. The number of nitrogens with zero attached hydrogens (tertiary/aromatic N) is 1. The largest absolute Gasteiger partial charge is 0.478 e. The number of carbonyl (C=O) groups is 2. The number of rotatable bonds is 6. The van der Waals surface area contributed by atoms with Crippen LogP contribution in [0.15, 0.2) is 54.6 Å². The zero-order valence-corrected chi connectivity index (χ0v) is 15.1. The molecule has 3 rings (SSSR count). The van der Waals surface area contributed by atoms with Crippen molar-refractivity contribution in [1.29, 1.82) is 0 Å². The van der Waals surface area contributed by atoms with Crippen LogP contribution in [0.2, 0.25) is 0 Å². The van der Waals surface area contributed by atoms with Crippen LogP contribution in [0.25, 0.3) is 0 Å². The standard InChI is InChI=1S/C21H24N2O4/c24-20(25)18-9-6-17(7-10-18)14-22-21(26)23-12-13-27-19(15-23)11-8-16-4-2-1-3-5-16/h1-7,9-10,19H,8,11-15H2,(H,22,26)(H,24,25). The Morgan fingerprint density at radius 3 is 2.52 bits per heavy atom. The molecule has 2 N–H and O–H groups in total. The molecule has 2 aromatic carbocycles. The third kappa shape index (κ3) is 5.56. The van der Waals surface area contributed by atoms with E-state index in [1.807, 2.05) is 18.2 Å². The molecule has 0 saturated carbocycles. The van der Waals surface area contributed by atoms with E-state index in [2.05, 4.69) is 17.4 Å². The molecule has 0 aromatic heterocycles. The third-order valence-electron chi connectivity index (χ3n) is 4.67. The number of carboxylic acid groups (broad SMARTS) is 1. The molecule has 1 aliphatic rings. The number of morpholine rings is 1. The number of amides is 2. The summed E-state index contributed by atoms with van der Waals surface area (Å²) in [5.74, 6) is -0.958. The SMILES string of the molecule is O=C(O)c1ccc(CNC(=O)N2CCOC(CCc3ccccc3)C2)cc1. The van der Waals surface area contributed by atoms with Gasteiger partial charge in [0.25, 0.3) is 0 Å². The van der Waals surface area contributed by atoms with Gasteiger partial charge in [0, 0.05) is 19.6 Å². The molecule has 1 aliphatic heterocycles. The van der Waals surface area contributed by atoms with Crippen molar-refractivity contribution in [2.45, 2.75) is 25.5 Å². The Hall–Kier alpha value is -2.86. The van der Waals surface area contributed by atoms with Gasteiger partial charge in [-0.05, 0) is 36.1 Å². The molecule has 0 aliphatic carbocycles. The van der Waals surface area contributed by atoms with E-state index in [-0.39, 0.29) is 17.7 Å². The first kappa shape index (κ1) is 18.9. The number of hydrogen-bond donors (Lipinski definition) is 2. The Balaban J connectivity index is 1.45. The Labute approximate surface area is 158 Å². The highest BCUT2D eigenvalue weighted by molar-refractivity contribution is 5.87. The second-order valence-electron chi connectivity index (χ2n) is 6.62. The molecule has 6 heteroatoms. The molecule has 6 nitrogen and oxygen atoms in total. The summed E-state index contributed by atoms with van der Waals surface area (Å²) in [6.45, 7) is 2.06. The van der Waals surface area contributed by atoms with Gasteiger partial charge in [-0.25, -0.2) is 9.59 Å². The topological polar surface area (TPSA) is 78.9 Å². The minimum absolute atomic E-state index is 0.0413. The van der Waals surface area contributed by atoms with Crippen LogP contribution >= 0.6 is 0 Å². The number of nitrogens with one attached hydrogen (secondary N) is 1. The van der Waals surface area contributed by atoms with Gasteiger partial charge in [0.1, 0.15) is 0 Å². The number of aromatic carboxylic acids is 1. The smallest absolute Gasteiger partial charge is 0.335 e. The Kier molecular flexibility index (Phi) is 6.44. The monoisotopic (exact) mass is 368 g/mol. The number of carbonyl (C=O) groups excluding carboxylic acids is 1. The summed E-state index contributed by atoms with van der Waals surface area (Å²) in [7, 11) is 0. The average Bonchev–Trinajstić information content (AvgIpc) is 2.72. The molecule has 1 atom stereocenters. The van der Waals surface area contributed by atoms with Gasteiger partial charge in [0.05, 0.1) is 18.3 Å². The summed E-state index contributed by atoms with van der Waals surface area (Å²) in [6.07, 6.45) is 1.85. The zero-order chi connectivity index (χ0) is 19.1. The highest BCUT2D eigenvalue weighted by Crippen LogP contribution is 2.13. The van der Waals surface area contributed by atoms with Crippen LogP contribution in [-0.2, 0) is 17.7 Å². The fraction of sp³-hybridized carbons (Fsp3) is 0.333. The quantitative estimate of drug-likeness (QED) is 0.822. The normalized spacial score (nSPS) is 16.7. The van der Waals surface area contributed by atoms with Gasteiger partial charge in [-0.1, -0.05) is 42.5 Å². The highest BCUT2D eigenvalue weighted by atomic mass is 16.5. The summed E-state index contributed by atoms with van der Waals surface area (Å²) < 4.78 is 5.80. The maximum Gasteiger partial charge on any atom is 0.335 e. The van der Waals surface area contributed by atoms with Crippen LogP contribution in [0.3, 0.4) is 0 Å². The molecule has 0 spiro atoms. The number of urea groups is 1. The molecular weight excluding hydrogens is 344 g/mol. The molecule has 1 heterocycles. The lowest BCUT2D eigenvalue weighted by atomic mass is 10.1. The van der Waals surface area contributed by atoms with Crippen LogP contribution in [0.1, 0.15) is 27.9 Å². The molecule has 1 unspecified atom stereocenters. The van der Waals surface area contributed by atoms with Gasteiger partial charge < -0.3 is 20.1 Å². The zero-order valence-electron chi connectivity index (χ0n) is 15.1. The lowest BCUT2D eigenvalue weighted by Gasteiger charge is -2.33. The predicted molar refractivity (Wildman–Crippen MR) is 102 cm³/mol. The molecule has 27 heavy (non-hydrogen) atoms. The lowest BCUT2D eigenvalue weighted by Crippen LogP contribution is -2.49. The van der Waals surface area contributed by atoms with Crippen molar-refractivity contribution in [3.05, 3.63) is 71.3 Å². The van der Waals surface area contributed by atoms with Gasteiger partial charge in [-0.15, -0.1) is 0 Å². The van der Waals surface area contributed by atoms with Crippen molar-refractivity contribution >= 4 is 12.0 Å². The summed E-state index contributed by atoms with van der Waals surface area (Å²) in [5, 5.41) is 11.8. The van der Waals surface area contributed by atoms with E-state index in [0.717, 1.165) is 18.4 Å². The first-order chi connectivity index (χ1) is 13.1. The van der Waals surface area contributed by atoms with Crippen molar-refractivity contribution in [3.63, 3.8) is 0 Å². The van der Waals surface area contributed by atoms with Gasteiger partial charge in [-0.2, -0.15) is 0 Å². The number of ether oxygens (including phenoxy) is 1. The molecule has 0 bridgehead atoms. The molecular formula is C21H24N2O4. The molecule has 1 saturated heterocycles. The molecule has 1 fully saturated rings. The van der Waals surface area contributed by atoms with Crippen molar-refractivity contribution in [2.75, 3.05) is 19.7 Å². The van der Waals surface area contributed by atoms with Gasteiger partial charge in [-0.3, -0.25) is 0 Å². The fourth-order valence-electron chi connectivity index (χ4n) is 3.11. The van der Waals surface area contributed by atoms with Crippen LogP contribution in [0.4, 0.5) is 4.79 Å². The van der Waals surface area contributed by atoms with E-state index in [0.29, 0.717) is 26.2 Å². The summed E-state index contributed by atoms with van der Waals surface area (Å²) in [4.78, 5) is 25.1. The van der Waals surface area contributed by atoms with Crippen molar-refractivity contribution in [1.82, 2.24) is 10.2 Å². The van der Waals surface area contributed by atoms with Crippen LogP contribution in [0, 0.1) is 0 Å². The van der Waals surface area contributed by atoms with E-state index in [4.69, 9.17) is 9.84 Å². The first-order valence-corrected chi connectivity index (χ1v) is 9.12. The third-order valence-corrected chi connectivity index (χ3v) is 4.67. The number of hydrogen-bond acceptors (Lipinski definition) is 3. The molecule has 2 amide bonds. The van der Waals surface area contributed by atoms with E-state index < -0.39 is 5.97 Å². The summed E-state index contributed by atoms with van der Waals surface area (Å²) in [6, 6.07) is 16.6. The Morgan fingerprint density at radius 2 is 1.81 bits per heavy atom. The highest BCUT2D eigenvalue weighted by Gasteiger charge is 2.23. The first-order valence-electron chi connectivity index (χ1n) is 9.12. The van der Waals surface area contributed by atoms with E-state index in [1.165, 1.54) is 17.7 Å². The van der Waals surface area contributed by atoms with Gasteiger partial charge >= 0.3 is 12.0 Å². The molecule has 142 valence electrons. The van der Waals surface area contributed by atoms with Gasteiger partial charge in [0.15, 0.2) is 0 Å².